The predicted molar refractivity (Wildman–Crippen MR) is 77.3 cm³/mol. The van der Waals surface area contributed by atoms with Crippen LogP contribution in [0, 0.1) is 0 Å². The largest absolute Gasteiger partial charge is 0.333 e. The summed E-state index contributed by atoms with van der Waals surface area (Å²) in [6, 6.07) is 0.862. The lowest BCUT2D eigenvalue weighted by atomic mass is 9.86. The highest BCUT2D eigenvalue weighted by molar-refractivity contribution is 5.17. The van der Waals surface area contributed by atoms with Crippen molar-refractivity contribution in [3.05, 3.63) is 18.2 Å². The molecule has 19 heavy (non-hydrogen) atoms. The lowest BCUT2D eigenvalue weighted by Crippen LogP contribution is -2.32. The summed E-state index contributed by atoms with van der Waals surface area (Å²) >= 11 is 0. The number of aromatic nitrogens is 2. The molecule has 3 rings (SSSR count). The molecule has 4 nitrogen and oxygen atoms in total. The summed E-state index contributed by atoms with van der Waals surface area (Å²) in [6.07, 6.45) is 8.09. The summed E-state index contributed by atoms with van der Waals surface area (Å²) in [5.41, 5.74) is 1.68. The van der Waals surface area contributed by atoms with Crippen LogP contribution in [0.2, 0.25) is 0 Å². The maximum atomic E-state index is 4.39. The van der Waals surface area contributed by atoms with Gasteiger partial charge >= 0.3 is 0 Å². The average Bonchev–Trinajstić information content (AvgIpc) is 2.96. The zero-order valence-electron chi connectivity index (χ0n) is 12.2. The Bertz CT molecular complexity index is 416. The van der Waals surface area contributed by atoms with Crippen molar-refractivity contribution in [2.75, 3.05) is 26.2 Å². The first kappa shape index (κ1) is 13.1. The van der Waals surface area contributed by atoms with Crippen LogP contribution in [0.4, 0.5) is 0 Å². The minimum atomic E-state index is 0.271. The molecular formula is C15H26N4. The van der Waals surface area contributed by atoms with Gasteiger partial charge in [-0.25, -0.2) is 4.98 Å². The smallest absolute Gasteiger partial charge is 0.0948 e. The number of hydrogen-bond acceptors (Lipinski definition) is 3. The van der Waals surface area contributed by atoms with Crippen LogP contribution >= 0.6 is 0 Å². The molecule has 0 amide bonds. The Morgan fingerprint density at radius 3 is 3.00 bits per heavy atom. The van der Waals surface area contributed by atoms with Gasteiger partial charge in [0.2, 0.25) is 0 Å². The van der Waals surface area contributed by atoms with E-state index in [9.17, 15) is 0 Å². The van der Waals surface area contributed by atoms with E-state index in [1.807, 2.05) is 6.33 Å². The fourth-order valence-corrected chi connectivity index (χ4v) is 3.31. The van der Waals surface area contributed by atoms with E-state index in [0.717, 1.165) is 32.2 Å². The molecule has 1 saturated carbocycles. The van der Waals surface area contributed by atoms with Crippen LogP contribution in [0.25, 0.3) is 0 Å². The standard InChI is InChI=1S/C15H26N4/c1-3-18(13-4-5-13)8-9-19-12-17-10-14(19)15(2)6-7-16-11-15/h10,12-13,16H,3-9,11H2,1-2H3. The summed E-state index contributed by atoms with van der Waals surface area (Å²) in [6.45, 7) is 10.3. The monoisotopic (exact) mass is 262 g/mol. The second-order valence-electron chi connectivity index (χ2n) is 6.32. The van der Waals surface area contributed by atoms with Crippen molar-refractivity contribution in [3.8, 4) is 0 Å². The first-order valence-electron chi connectivity index (χ1n) is 7.68. The number of likely N-dealkylation sites (N-methyl/N-ethyl adjacent to an activating group) is 1. The van der Waals surface area contributed by atoms with Gasteiger partial charge in [-0.05, 0) is 32.4 Å². The summed E-state index contributed by atoms with van der Waals surface area (Å²) in [7, 11) is 0. The minimum Gasteiger partial charge on any atom is -0.333 e. The molecule has 1 aromatic heterocycles. The third-order valence-electron chi connectivity index (χ3n) is 4.80. The SMILES string of the molecule is CCN(CCn1cncc1C1(C)CCNC1)C1CC1. The Balaban J connectivity index is 1.66. The Labute approximate surface area is 116 Å². The average molecular weight is 262 g/mol. The van der Waals surface area contributed by atoms with Gasteiger partial charge in [-0.15, -0.1) is 0 Å². The molecule has 1 aliphatic carbocycles. The fourth-order valence-electron chi connectivity index (χ4n) is 3.31. The van der Waals surface area contributed by atoms with E-state index in [1.54, 1.807) is 0 Å². The van der Waals surface area contributed by atoms with Crippen LogP contribution in [0.1, 0.15) is 38.8 Å². The first-order chi connectivity index (χ1) is 9.23. The van der Waals surface area contributed by atoms with Gasteiger partial charge in [0.05, 0.1) is 6.33 Å². The Morgan fingerprint density at radius 2 is 2.37 bits per heavy atom. The van der Waals surface area contributed by atoms with Gasteiger partial charge in [0, 0.05) is 43.0 Å². The van der Waals surface area contributed by atoms with Crippen molar-refractivity contribution in [3.63, 3.8) is 0 Å². The van der Waals surface area contributed by atoms with Crippen molar-refractivity contribution < 1.29 is 0 Å². The number of rotatable bonds is 6. The second kappa shape index (κ2) is 5.25. The van der Waals surface area contributed by atoms with Crippen molar-refractivity contribution >= 4 is 0 Å². The van der Waals surface area contributed by atoms with E-state index in [1.165, 1.54) is 31.5 Å². The van der Waals surface area contributed by atoms with E-state index >= 15 is 0 Å². The summed E-state index contributed by atoms with van der Waals surface area (Å²) in [4.78, 5) is 7.00. The Kier molecular flexibility index (Phi) is 3.63. The van der Waals surface area contributed by atoms with Gasteiger partial charge in [0.15, 0.2) is 0 Å². The maximum Gasteiger partial charge on any atom is 0.0948 e. The van der Waals surface area contributed by atoms with E-state index in [0.29, 0.717) is 0 Å². The van der Waals surface area contributed by atoms with Crippen LogP contribution < -0.4 is 5.32 Å². The quantitative estimate of drug-likeness (QED) is 0.845. The highest BCUT2D eigenvalue weighted by Gasteiger charge is 2.33. The summed E-state index contributed by atoms with van der Waals surface area (Å²) in [5, 5.41) is 3.48. The molecule has 1 atom stereocenters. The number of hydrogen-bond donors (Lipinski definition) is 1. The maximum absolute atomic E-state index is 4.39. The molecule has 2 aliphatic rings. The van der Waals surface area contributed by atoms with Crippen LogP contribution in [0.3, 0.4) is 0 Å². The molecule has 0 radical (unpaired) electrons. The lowest BCUT2D eigenvalue weighted by Gasteiger charge is -2.26. The molecule has 1 unspecified atom stereocenters. The minimum absolute atomic E-state index is 0.271. The van der Waals surface area contributed by atoms with Gasteiger partial charge in [-0.1, -0.05) is 13.8 Å². The van der Waals surface area contributed by atoms with E-state index in [2.05, 4.69) is 39.8 Å². The van der Waals surface area contributed by atoms with E-state index < -0.39 is 0 Å². The summed E-state index contributed by atoms with van der Waals surface area (Å²) in [5.74, 6) is 0. The van der Waals surface area contributed by atoms with Gasteiger partial charge in [0.1, 0.15) is 0 Å². The van der Waals surface area contributed by atoms with Gasteiger partial charge in [0.25, 0.3) is 0 Å². The van der Waals surface area contributed by atoms with Crippen LogP contribution in [-0.2, 0) is 12.0 Å². The van der Waals surface area contributed by atoms with Crippen molar-refractivity contribution in [1.29, 1.82) is 0 Å². The highest BCUT2D eigenvalue weighted by Crippen LogP contribution is 2.30. The molecule has 1 aromatic rings. The molecule has 0 spiro atoms. The Hall–Kier alpha value is -0.870. The molecule has 2 fully saturated rings. The third-order valence-corrected chi connectivity index (χ3v) is 4.80. The molecule has 4 heteroatoms. The predicted octanol–water partition coefficient (Wildman–Crippen LogP) is 1.62. The van der Waals surface area contributed by atoms with Crippen molar-refractivity contribution in [2.24, 2.45) is 0 Å². The molecule has 0 bridgehead atoms. The topological polar surface area (TPSA) is 33.1 Å². The third kappa shape index (κ3) is 2.70. The summed E-state index contributed by atoms with van der Waals surface area (Å²) < 4.78 is 2.37. The number of nitrogens with one attached hydrogen (secondary N) is 1. The van der Waals surface area contributed by atoms with Gasteiger partial charge in [-0.2, -0.15) is 0 Å². The zero-order valence-corrected chi connectivity index (χ0v) is 12.2. The van der Waals surface area contributed by atoms with Crippen LogP contribution in [0.5, 0.6) is 0 Å². The van der Waals surface area contributed by atoms with Gasteiger partial charge in [-0.3, -0.25) is 4.90 Å². The first-order valence-corrected chi connectivity index (χ1v) is 7.68. The molecule has 1 saturated heterocycles. The molecule has 1 aliphatic heterocycles. The van der Waals surface area contributed by atoms with Crippen molar-refractivity contribution in [2.45, 2.75) is 51.1 Å². The molecule has 1 N–H and O–H groups in total. The number of imidazole rings is 1. The van der Waals surface area contributed by atoms with Crippen LogP contribution in [0.15, 0.2) is 12.5 Å². The fraction of sp³-hybridized carbons (Fsp3) is 0.800. The number of nitrogens with zero attached hydrogens (tertiary/aromatic N) is 3. The molecule has 2 heterocycles. The second-order valence-corrected chi connectivity index (χ2v) is 6.32. The van der Waals surface area contributed by atoms with E-state index in [4.69, 9.17) is 0 Å². The van der Waals surface area contributed by atoms with Crippen molar-refractivity contribution in [1.82, 2.24) is 19.8 Å². The molecular weight excluding hydrogens is 236 g/mol. The van der Waals surface area contributed by atoms with E-state index in [-0.39, 0.29) is 5.41 Å². The molecule has 106 valence electrons. The lowest BCUT2D eigenvalue weighted by molar-refractivity contribution is 0.263. The normalized spacial score (nSPS) is 27.3. The van der Waals surface area contributed by atoms with Crippen LogP contribution in [-0.4, -0.2) is 46.7 Å². The molecule has 0 aromatic carbocycles. The zero-order chi connectivity index (χ0) is 13.3. The Morgan fingerprint density at radius 1 is 1.53 bits per heavy atom. The highest BCUT2D eigenvalue weighted by atomic mass is 15.2. The van der Waals surface area contributed by atoms with Gasteiger partial charge < -0.3 is 9.88 Å².